The van der Waals surface area contributed by atoms with Crippen LogP contribution >= 0.6 is 0 Å². The SMILES string of the molecule is CC(C)NCCn1ccc2cc(C#N)ccc21. The molecule has 0 unspecified atom stereocenters. The van der Waals surface area contributed by atoms with E-state index >= 15 is 0 Å². The summed E-state index contributed by atoms with van der Waals surface area (Å²) < 4.78 is 2.21. The van der Waals surface area contributed by atoms with E-state index in [0.29, 0.717) is 6.04 Å². The van der Waals surface area contributed by atoms with Gasteiger partial charge in [-0.15, -0.1) is 0 Å². The fourth-order valence-electron chi connectivity index (χ4n) is 1.94. The van der Waals surface area contributed by atoms with E-state index in [2.05, 4.69) is 42.1 Å². The molecular weight excluding hydrogens is 210 g/mol. The van der Waals surface area contributed by atoms with Gasteiger partial charge < -0.3 is 9.88 Å². The Morgan fingerprint density at radius 2 is 2.18 bits per heavy atom. The zero-order valence-electron chi connectivity index (χ0n) is 10.3. The van der Waals surface area contributed by atoms with Crippen LogP contribution in [0.5, 0.6) is 0 Å². The van der Waals surface area contributed by atoms with Crippen molar-refractivity contribution in [3.8, 4) is 6.07 Å². The number of benzene rings is 1. The van der Waals surface area contributed by atoms with Crippen LogP contribution in [0, 0.1) is 11.3 Å². The Bertz CT molecular complexity index is 546. The molecule has 2 aromatic rings. The molecule has 3 nitrogen and oxygen atoms in total. The monoisotopic (exact) mass is 227 g/mol. The number of hydrogen-bond acceptors (Lipinski definition) is 2. The molecule has 17 heavy (non-hydrogen) atoms. The number of nitrogens with one attached hydrogen (secondary N) is 1. The number of aromatic nitrogens is 1. The molecule has 0 aliphatic carbocycles. The summed E-state index contributed by atoms with van der Waals surface area (Å²) in [5.41, 5.74) is 1.91. The summed E-state index contributed by atoms with van der Waals surface area (Å²) in [6, 6.07) is 10.6. The lowest BCUT2D eigenvalue weighted by atomic mass is 10.2. The van der Waals surface area contributed by atoms with Gasteiger partial charge in [-0.2, -0.15) is 5.26 Å². The van der Waals surface area contributed by atoms with Crippen molar-refractivity contribution < 1.29 is 0 Å². The molecule has 0 bridgehead atoms. The molecule has 0 saturated carbocycles. The predicted molar refractivity (Wildman–Crippen MR) is 69.8 cm³/mol. The second kappa shape index (κ2) is 5.03. The Morgan fingerprint density at radius 3 is 2.88 bits per heavy atom. The predicted octanol–water partition coefficient (Wildman–Crippen LogP) is 2.51. The van der Waals surface area contributed by atoms with E-state index in [1.807, 2.05) is 18.2 Å². The quantitative estimate of drug-likeness (QED) is 0.872. The largest absolute Gasteiger partial charge is 0.346 e. The van der Waals surface area contributed by atoms with Crippen LogP contribution in [0.25, 0.3) is 10.9 Å². The number of hydrogen-bond donors (Lipinski definition) is 1. The maximum Gasteiger partial charge on any atom is 0.0991 e. The lowest BCUT2D eigenvalue weighted by Gasteiger charge is -2.09. The van der Waals surface area contributed by atoms with Crippen molar-refractivity contribution in [2.45, 2.75) is 26.4 Å². The number of fused-ring (bicyclic) bond motifs is 1. The molecule has 0 saturated heterocycles. The zero-order chi connectivity index (χ0) is 12.3. The van der Waals surface area contributed by atoms with Gasteiger partial charge in [-0.05, 0) is 24.3 Å². The average Bonchev–Trinajstić information content (AvgIpc) is 2.71. The molecule has 3 heteroatoms. The minimum Gasteiger partial charge on any atom is -0.346 e. The van der Waals surface area contributed by atoms with Gasteiger partial charge in [0, 0.05) is 36.2 Å². The van der Waals surface area contributed by atoms with Gasteiger partial charge in [0.05, 0.1) is 11.6 Å². The fourth-order valence-corrected chi connectivity index (χ4v) is 1.94. The van der Waals surface area contributed by atoms with E-state index in [4.69, 9.17) is 5.26 Å². The smallest absolute Gasteiger partial charge is 0.0991 e. The highest BCUT2D eigenvalue weighted by Crippen LogP contribution is 2.17. The molecule has 1 aromatic heterocycles. The minimum absolute atomic E-state index is 0.516. The Balaban J connectivity index is 2.16. The Kier molecular flexibility index (Phi) is 3.46. The molecule has 1 aromatic carbocycles. The summed E-state index contributed by atoms with van der Waals surface area (Å²) in [5.74, 6) is 0. The maximum atomic E-state index is 8.84. The molecule has 88 valence electrons. The molecular formula is C14H17N3. The Morgan fingerprint density at radius 1 is 1.35 bits per heavy atom. The van der Waals surface area contributed by atoms with Crippen LogP contribution in [-0.2, 0) is 6.54 Å². The van der Waals surface area contributed by atoms with Crippen LogP contribution in [0.2, 0.25) is 0 Å². The Hall–Kier alpha value is -1.79. The van der Waals surface area contributed by atoms with E-state index in [0.717, 1.165) is 24.0 Å². The second-order valence-electron chi connectivity index (χ2n) is 4.50. The van der Waals surface area contributed by atoms with Crippen molar-refractivity contribution in [1.29, 1.82) is 5.26 Å². The van der Waals surface area contributed by atoms with Crippen molar-refractivity contribution in [3.63, 3.8) is 0 Å². The third-order valence-electron chi connectivity index (χ3n) is 2.81. The standard InChI is InChI=1S/C14H17N3/c1-11(2)16-6-8-17-7-5-13-9-12(10-15)3-4-14(13)17/h3-5,7,9,11,16H,6,8H2,1-2H3. The van der Waals surface area contributed by atoms with Crippen molar-refractivity contribution in [1.82, 2.24) is 9.88 Å². The van der Waals surface area contributed by atoms with E-state index in [1.165, 1.54) is 5.52 Å². The van der Waals surface area contributed by atoms with Gasteiger partial charge in [0.25, 0.3) is 0 Å². The van der Waals surface area contributed by atoms with Gasteiger partial charge in [0.2, 0.25) is 0 Å². The minimum atomic E-state index is 0.516. The highest BCUT2D eigenvalue weighted by atomic mass is 15.0. The van der Waals surface area contributed by atoms with Crippen molar-refractivity contribution in [2.75, 3.05) is 6.54 Å². The average molecular weight is 227 g/mol. The third-order valence-corrected chi connectivity index (χ3v) is 2.81. The molecule has 0 aliphatic rings. The molecule has 0 radical (unpaired) electrons. The molecule has 0 aliphatic heterocycles. The van der Waals surface area contributed by atoms with Gasteiger partial charge >= 0.3 is 0 Å². The van der Waals surface area contributed by atoms with Gasteiger partial charge in [-0.3, -0.25) is 0 Å². The number of rotatable bonds is 4. The van der Waals surface area contributed by atoms with Crippen LogP contribution in [0.4, 0.5) is 0 Å². The van der Waals surface area contributed by atoms with E-state index in [9.17, 15) is 0 Å². The second-order valence-corrected chi connectivity index (χ2v) is 4.50. The van der Waals surface area contributed by atoms with E-state index in [-0.39, 0.29) is 0 Å². The Labute approximate surface area is 102 Å². The lowest BCUT2D eigenvalue weighted by molar-refractivity contribution is 0.548. The number of nitriles is 1. The van der Waals surface area contributed by atoms with Crippen molar-refractivity contribution in [2.24, 2.45) is 0 Å². The molecule has 2 rings (SSSR count). The molecule has 0 atom stereocenters. The molecule has 1 N–H and O–H groups in total. The van der Waals surface area contributed by atoms with Crippen molar-refractivity contribution >= 4 is 10.9 Å². The first-order chi connectivity index (χ1) is 8.20. The summed E-state index contributed by atoms with van der Waals surface area (Å²) >= 11 is 0. The van der Waals surface area contributed by atoms with E-state index in [1.54, 1.807) is 0 Å². The van der Waals surface area contributed by atoms with Gasteiger partial charge in [0.15, 0.2) is 0 Å². The van der Waals surface area contributed by atoms with Crippen molar-refractivity contribution in [3.05, 3.63) is 36.0 Å². The highest BCUT2D eigenvalue weighted by molar-refractivity contribution is 5.81. The van der Waals surface area contributed by atoms with Gasteiger partial charge in [-0.25, -0.2) is 0 Å². The van der Waals surface area contributed by atoms with Gasteiger partial charge in [-0.1, -0.05) is 13.8 Å². The summed E-state index contributed by atoms with van der Waals surface area (Å²) in [6.45, 7) is 6.20. The summed E-state index contributed by atoms with van der Waals surface area (Å²) in [7, 11) is 0. The summed E-state index contributed by atoms with van der Waals surface area (Å²) in [6.07, 6.45) is 2.08. The third kappa shape index (κ3) is 2.66. The number of nitrogens with zero attached hydrogens (tertiary/aromatic N) is 2. The fraction of sp³-hybridized carbons (Fsp3) is 0.357. The first-order valence-corrected chi connectivity index (χ1v) is 5.93. The lowest BCUT2D eigenvalue weighted by Crippen LogP contribution is -2.26. The first-order valence-electron chi connectivity index (χ1n) is 5.93. The van der Waals surface area contributed by atoms with Crippen LogP contribution in [0.3, 0.4) is 0 Å². The van der Waals surface area contributed by atoms with Crippen LogP contribution in [0.1, 0.15) is 19.4 Å². The molecule has 0 spiro atoms. The van der Waals surface area contributed by atoms with Crippen LogP contribution < -0.4 is 5.32 Å². The normalized spacial score (nSPS) is 10.9. The van der Waals surface area contributed by atoms with Gasteiger partial charge in [0.1, 0.15) is 0 Å². The first kappa shape index (κ1) is 11.7. The molecule has 0 amide bonds. The topological polar surface area (TPSA) is 40.8 Å². The van der Waals surface area contributed by atoms with Crippen LogP contribution in [0.15, 0.2) is 30.5 Å². The zero-order valence-corrected chi connectivity index (χ0v) is 10.3. The van der Waals surface area contributed by atoms with Crippen LogP contribution in [-0.4, -0.2) is 17.2 Å². The molecule has 0 fully saturated rings. The summed E-state index contributed by atoms with van der Waals surface area (Å²) in [4.78, 5) is 0. The van der Waals surface area contributed by atoms with E-state index < -0.39 is 0 Å². The maximum absolute atomic E-state index is 8.84. The summed E-state index contributed by atoms with van der Waals surface area (Å²) in [5, 5.41) is 13.4. The highest BCUT2D eigenvalue weighted by Gasteiger charge is 2.02. The molecule has 1 heterocycles.